The summed E-state index contributed by atoms with van der Waals surface area (Å²) in [6, 6.07) is 5.20. The van der Waals surface area contributed by atoms with E-state index in [4.69, 9.17) is 4.74 Å². The second-order valence-corrected chi connectivity index (χ2v) is 5.00. The van der Waals surface area contributed by atoms with Gasteiger partial charge in [0.05, 0.1) is 18.3 Å². The Morgan fingerprint density at radius 2 is 2.14 bits per heavy atom. The highest BCUT2D eigenvalue weighted by molar-refractivity contribution is 5.99. The number of rotatable bonds is 5. The molecule has 1 aromatic heterocycles. The molecule has 112 valence electrons. The van der Waals surface area contributed by atoms with E-state index in [1.54, 1.807) is 31.3 Å². The van der Waals surface area contributed by atoms with Crippen molar-refractivity contribution in [3.8, 4) is 0 Å². The molecule has 2 rings (SSSR count). The normalized spacial score (nSPS) is 10.9. The van der Waals surface area contributed by atoms with Crippen LogP contribution in [0.3, 0.4) is 0 Å². The van der Waals surface area contributed by atoms with Gasteiger partial charge in [0, 0.05) is 17.0 Å². The Bertz CT molecular complexity index is 648. The molecule has 2 aromatic rings. The lowest BCUT2D eigenvalue weighted by Gasteiger charge is -2.25. The minimum absolute atomic E-state index is 0.0479. The van der Waals surface area contributed by atoms with E-state index in [0.717, 1.165) is 10.9 Å². The maximum Gasteiger partial charge on any atom is 0.325 e. The van der Waals surface area contributed by atoms with Crippen molar-refractivity contribution in [1.82, 2.24) is 15.1 Å². The highest BCUT2D eigenvalue weighted by atomic mass is 16.5. The van der Waals surface area contributed by atoms with Crippen molar-refractivity contribution in [2.75, 3.05) is 13.2 Å². The van der Waals surface area contributed by atoms with Crippen LogP contribution in [0.1, 0.15) is 31.1 Å². The largest absolute Gasteiger partial charge is 0.465 e. The van der Waals surface area contributed by atoms with Crippen LogP contribution in [0.25, 0.3) is 10.9 Å². The van der Waals surface area contributed by atoms with Crippen LogP contribution in [0.15, 0.2) is 24.4 Å². The maximum atomic E-state index is 12.6. The molecular formula is C15H19N3O3. The first-order valence-electron chi connectivity index (χ1n) is 6.92. The molecule has 0 aliphatic rings. The number of benzene rings is 1. The van der Waals surface area contributed by atoms with E-state index in [9.17, 15) is 9.59 Å². The van der Waals surface area contributed by atoms with Crippen molar-refractivity contribution in [1.29, 1.82) is 0 Å². The van der Waals surface area contributed by atoms with Gasteiger partial charge in [-0.05, 0) is 39.0 Å². The number of amides is 1. The molecular weight excluding hydrogens is 270 g/mol. The van der Waals surface area contributed by atoms with Gasteiger partial charge in [-0.1, -0.05) is 0 Å². The third-order valence-corrected chi connectivity index (χ3v) is 3.18. The second kappa shape index (κ2) is 6.39. The molecule has 0 aliphatic heterocycles. The van der Waals surface area contributed by atoms with Gasteiger partial charge in [0.2, 0.25) is 0 Å². The SMILES string of the molecule is CCOC(=O)CN(C(=O)c1ccc2[nH]ncc2c1)C(C)C. The summed E-state index contributed by atoms with van der Waals surface area (Å²) in [5.41, 5.74) is 1.40. The summed E-state index contributed by atoms with van der Waals surface area (Å²) < 4.78 is 4.92. The molecule has 6 nitrogen and oxygen atoms in total. The fraction of sp³-hybridized carbons (Fsp3) is 0.400. The van der Waals surface area contributed by atoms with Crippen LogP contribution in [-0.4, -0.2) is 46.2 Å². The Labute approximate surface area is 123 Å². The molecule has 1 amide bonds. The molecule has 0 bridgehead atoms. The van der Waals surface area contributed by atoms with E-state index in [-0.39, 0.29) is 18.5 Å². The quantitative estimate of drug-likeness (QED) is 0.854. The van der Waals surface area contributed by atoms with Crippen LogP contribution in [0.4, 0.5) is 0 Å². The smallest absolute Gasteiger partial charge is 0.325 e. The first kappa shape index (κ1) is 15.0. The molecule has 0 saturated carbocycles. The predicted octanol–water partition coefficient (Wildman–Crippen LogP) is 1.98. The molecule has 1 N–H and O–H groups in total. The summed E-state index contributed by atoms with van der Waals surface area (Å²) in [5, 5.41) is 7.63. The van der Waals surface area contributed by atoms with Crippen LogP contribution in [-0.2, 0) is 9.53 Å². The van der Waals surface area contributed by atoms with Crippen molar-refractivity contribution in [3.05, 3.63) is 30.0 Å². The van der Waals surface area contributed by atoms with Gasteiger partial charge in [-0.2, -0.15) is 5.10 Å². The molecule has 0 fully saturated rings. The Morgan fingerprint density at radius 1 is 1.38 bits per heavy atom. The first-order valence-corrected chi connectivity index (χ1v) is 6.92. The molecule has 0 unspecified atom stereocenters. The fourth-order valence-corrected chi connectivity index (χ4v) is 2.08. The number of fused-ring (bicyclic) bond motifs is 1. The molecule has 21 heavy (non-hydrogen) atoms. The van der Waals surface area contributed by atoms with Gasteiger partial charge in [-0.15, -0.1) is 0 Å². The molecule has 0 aliphatic carbocycles. The van der Waals surface area contributed by atoms with Crippen molar-refractivity contribution >= 4 is 22.8 Å². The second-order valence-electron chi connectivity index (χ2n) is 5.00. The van der Waals surface area contributed by atoms with Crippen LogP contribution in [0.5, 0.6) is 0 Å². The number of nitrogens with one attached hydrogen (secondary N) is 1. The van der Waals surface area contributed by atoms with E-state index in [0.29, 0.717) is 12.2 Å². The molecule has 1 aromatic carbocycles. The molecule has 6 heteroatoms. The van der Waals surface area contributed by atoms with Crippen LogP contribution in [0, 0.1) is 0 Å². The standard InChI is InChI=1S/C15H19N3O3/c1-4-21-14(19)9-18(10(2)3)15(20)11-5-6-13-12(7-11)8-16-17-13/h5-8,10H,4,9H2,1-3H3,(H,16,17). The van der Waals surface area contributed by atoms with E-state index in [2.05, 4.69) is 10.2 Å². The van der Waals surface area contributed by atoms with Gasteiger partial charge >= 0.3 is 5.97 Å². The number of aromatic amines is 1. The van der Waals surface area contributed by atoms with Gasteiger partial charge in [0.15, 0.2) is 0 Å². The topological polar surface area (TPSA) is 75.3 Å². The number of aromatic nitrogens is 2. The Kier molecular flexibility index (Phi) is 4.57. The number of carbonyl (C=O) groups excluding carboxylic acids is 2. The number of carbonyl (C=O) groups is 2. The number of H-pyrrole nitrogens is 1. The zero-order chi connectivity index (χ0) is 15.4. The summed E-state index contributed by atoms with van der Waals surface area (Å²) in [7, 11) is 0. The molecule has 0 spiro atoms. The number of ether oxygens (including phenoxy) is 1. The summed E-state index contributed by atoms with van der Waals surface area (Å²) in [6.07, 6.45) is 1.66. The number of nitrogens with zero attached hydrogens (tertiary/aromatic N) is 2. The number of hydrogen-bond donors (Lipinski definition) is 1. The lowest BCUT2D eigenvalue weighted by Crippen LogP contribution is -2.41. The molecule has 0 saturated heterocycles. The van der Waals surface area contributed by atoms with E-state index < -0.39 is 5.97 Å². The van der Waals surface area contributed by atoms with Gasteiger partial charge in [-0.3, -0.25) is 14.7 Å². The first-order chi connectivity index (χ1) is 10.0. The highest BCUT2D eigenvalue weighted by Gasteiger charge is 2.22. The average Bonchev–Trinajstić information content (AvgIpc) is 2.91. The Balaban J connectivity index is 2.22. The van der Waals surface area contributed by atoms with Gasteiger partial charge in [0.25, 0.3) is 5.91 Å². The monoisotopic (exact) mass is 289 g/mol. The lowest BCUT2D eigenvalue weighted by molar-refractivity contribution is -0.144. The average molecular weight is 289 g/mol. The molecule has 0 atom stereocenters. The van der Waals surface area contributed by atoms with Crippen LogP contribution < -0.4 is 0 Å². The Hall–Kier alpha value is -2.37. The molecule has 0 radical (unpaired) electrons. The summed E-state index contributed by atoms with van der Waals surface area (Å²) in [5.74, 6) is -0.593. The Morgan fingerprint density at radius 3 is 2.81 bits per heavy atom. The summed E-state index contributed by atoms with van der Waals surface area (Å²) >= 11 is 0. The third kappa shape index (κ3) is 3.39. The van der Waals surface area contributed by atoms with Crippen molar-refractivity contribution in [2.45, 2.75) is 26.8 Å². The zero-order valence-electron chi connectivity index (χ0n) is 12.4. The van der Waals surface area contributed by atoms with Crippen LogP contribution in [0.2, 0.25) is 0 Å². The third-order valence-electron chi connectivity index (χ3n) is 3.18. The van der Waals surface area contributed by atoms with Gasteiger partial charge < -0.3 is 9.64 Å². The maximum absolute atomic E-state index is 12.6. The molecule has 1 heterocycles. The summed E-state index contributed by atoms with van der Waals surface area (Å²) in [6.45, 7) is 5.74. The van der Waals surface area contributed by atoms with Crippen molar-refractivity contribution in [2.24, 2.45) is 0 Å². The van der Waals surface area contributed by atoms with Crippen LogP contribution >= 0.6 is 0 Å². The number of hydrogen-bond acceptors (Lipinski definition) is 4. The van der Waals surface area contributed by atoms with E-state index in [1.807, 2.05) is 13.8 Å². The van der Waals surface area contributed by atoms with Crippen molar-refractivity contribution < 1.29 is 14.3 Å². The summed E-state index contributed by atoms with van der Waals surface area (Å²) in [4.78, 5) is 25.7. The zero-order valence-corrected chi connectivity index (χ0v) is 12.4. The van der Waals surface area contributed by atoms with Gasteiger partial charge in [0.1, 0.15) is 6.54 Å². The van der Waals surface area contributed by atoms with E-state index >= 15 is 0 Å². The minimum atomic E-state index is -0.399. The van der Waals surface area contributed by atoms with Gasteiger partial charge in [-0.25, -0.2) is 0 Å². The van der Waals surface area contributed by atoms with Crippen molar-refractivity contribution in [3.63, 3.8) is 0 Å². The lowest BCUT2D eigenvalue weighted by atomic mass is 10.1. The highest BCUT2D eigenvalue weighted by Crippen LogP contribution is 2.15. The minimum Gasteiger partial charge on any atom is -0.465 e. The predicted molar refractivity (Wildman–Crippen MR) is 78.9 cm³/mol. The van der Waals surface area contributed by atoms with E-state index in [1.165, 1.54) is 4.90 Å². The number of esters is 1. The fourth-order valence-electron chi connectivity index (χ4n) is 2.08.